The Morgan fingerprint density at radius 2 is 2.23 bits per heavy atom. The van der Waals surface area contributed by atoms with Gasteiger partial charge in [-0.2, -0.15) is 5.10 Å². The van der Waals surface area contributed by atoms with Crippen molar-refractivity contribution in [2.75, 3.05) is 6.54 Å². The summed E-state index contributed by atoms with van der Waals surface area (Å²) in [6.07, 6.45) is 2.57. The molecule has 22 heavy (non-hydrogen) atoms. The molecule has 0 aliphatic rings. The van der Waals surface area contributed by atoms with E-state index in [2.05, 4.69) is 63.7 Å². The summed E-state index contributed by atoms with van der Waals surface area (Å²) in [5.74, 6) is 1.62. The average molecular weight is 300 g/mol. The third-order valence-corrected chi connectivity index (χ3v) is 3.37. The summed E-state index contributed by atoms with van der Waals surface area (Å²) < 4.78 is 0. The molecule has 1 unspecified atom stereocenters. The van der Waals surface area contributed by atoms with E-state index in [0.29, 0.717) is 12.6 Å². The van der Waals surface area contributed by atoms with E-state index in [9.17, 15) is 0 Å². The number of aromatic amines is 1. The largest absolute Gasteiger partial charge is 0.357 e. The van der Waals surface area contributed by atoms with E-state index < -0.39 is 0 Å². The molecule has 6 nitrogen and oxygen atoms in total. The average Bonchev–Trinajstić information content (AvgIpc) is 3.07. The lowest BCUT2D eigenvalue weighted by Gasteiger charge is -2.16. The van der Waals surface area contributed by atoms with E-state index in [1.807, 2.05) is 12.1 Å². The van der Waals surface area contributed by atoms with Crippen molar-refractivity contribution in [3.05, 3.63) is 36.2 Å². The molecule has 3 N–H and O–H groups in total. The lowest BCUT2D eigenvalue weighted by Crippen LogP contribution is -2.41. The van der Waals surface area contributed by atoms with Gasteiger partial charge in [0.2, 0.25) is 0 Å². The zero-order chi connectivity index (χ0) is 15.8. The molecule has 0 spiro atoms. The Kier molecular flexibility index (Phi) is 5.94. The van der Waals surface area contributed by atoms with Gasteiger partial charge >= 0.3 is 0 Å². The van der Waals surface area contributed by atoms with Crippen LogP contribution >= 0.6 is 0 Å². The smallest absolute Gasteiger partial charge is 0.191 e. The van der Waals surface area contributed by atoms with E-state index in [-0.39, 0.29) is 0 Å². The zero-order valence-electron chi connectivity index (χ0n) is 13.4. The quantitative estimate of drug-likeness (QED) is 0.565. The minimum Gasteiger partial charge on any atom is -0.357 e. The number of benzene rings is 1. The van der Waals surface area contributed by atoms with Crippen molar-refractivity contribution in [2.24, 2.45) is 4.99 Å². The van der Waals surface area contributed by atoms with Crippen LogP contribution in [-0.2, 0) is 6.54 Å². The fourth-order valence-electron chi connectivity index (χ4n) is 1.99. The fourth-order valence-corrected chi connectivity index (χ4v) is 1.99. The van der Waals surface area contributed by atoms with Crippen molar-refractivity contribution in [1.82, 2.24) is 25.8 Å². The van der Waals surface area contributed by atoms with Crippen LogP contribution in [0.15, 0.2) is 35.6 Å². The van der Waals surface area contributed by atoms with Gasteiger partial charge in [0.25, 0.3) is 0 Å². The maximum atomic E-state index is 4.64. The number of aromatic nitrogens is 3. The topological polar surface area (TPSA) is 78.0 Å². The molecule has 1 atom stereocenters. The third kappa shape index (κ3) is 4.58. The Labute approximate surface area is 131 Å². The molecule has 0 aliphatic heterocycles. The Morgan fingerprint density at radius 3 is 2.91 bits per heavy atom. The molecule has 2 aromatic rings. The van der Waals surface area contributed by atoms with Gasteiger partial charge in [-0.15, -0.1) is 0 Å². The molecule has 1 aromatic heterocycles. The van der Waals surface area contributed by atoms with Gasteiger partial charge in [0.05, 0.1) is 6.54 Å². The second-order valence-corrected chi connectivity index (χ2v) is 5.18. The minimum atomic E-state index is 0.401. The highest BCUT2D eigenvalue weighted by Crippen LogP contribution is 2.15. The lowest BCUT2D eigenvalue weighted by atomic mass is 10.1. The first-order valence-corrected chi connectivity index (χ1v) is 7.72. The van der Waals surface area contributed by atoms with Crippen molar-refractivity contribution in [2.45, 2.75) is 39.8 Å². The number of guanidine groups is 1. The van der Waals surface area contributed by atoms with Crippen LogP contribution in [0.3, 0.4) is 0 Å². The predicted molar refractivity (Wildman–Crippen MR) is 89.5 cm³/mol. The molecule has 0 amide bonds. The molecule has 1 aromatic carbocycles. The number of hydrogen-bond acceptors (Lipinski definition) is 3. The van der Waals surface area contributed by atoms with Gasteiger partial charge in [0.15, 0.2) is 11.8 Å². The van der Waals surface area contributed by atoms with Crippen LogP contribution in [-0.4, -0.2) is 33.7 Å². The number of nitrogens with one attached hydrogen (secondary N) is 3. The molecular formula is C16H24N6. The summed E-state index contributed by atoms with van der Waals surface area (Å²) in [5.41, 5.74) is 2.15. The number of hydrogen-bond donors (Lipinski definition) is 3. The summed E-state index contributed by atoms with van der Waals surface area (Å²) in [6.45, 7) is 7.84. The van der Waals surface area contributed by atoms with E-state index in [1.54, 1.807) is 0 Å². The normalized spacial score (nSPS) is 13.0. The van der Waals surface area contributed by atoms with E-state index in [0.717, 1.165) is 35.9 Å². The maximum absolute atomic E-state index is 4.64. The van der Waals surface area contributed by atoms with Gasteiger partial charge in [-0.25, -0.2) is 9.98 Å². The molecular weight excluding hydrogens is 276 g/mol. The Bertz CT molecular complexity index is 590. The van der Waals surface area contributed by atoms with Crippen molar-refractivity contribution >= 4 is 5.96 Å². The number of H-pyrrole nitrogens is 1. The molecule has 0 saturated carbocycles. The molecule has 0 radical (unpaired) electrons. The first kappa shape index (κ1) is 16.0. The Morgan fingerprint density at radius 1 is 1.36 bits per heavy atom. The number of aliphatic imine (C=N–C) groups is 1. The van der Waals surface area contributed by atoms with Gasteiger partial charge < -0.3 is 10.6 Å². The second kappa shape index (κ2) is 8.17. The number of rotatable bonds is 6. The van der Waals surface area contributed by atoms with Crippen LogP contribution in [0.5, 0.6) is 0 Å². The van der Waals surface area contributed by atoms with Crippen LogP contribution in [0.25, 0.3) is 11.4 Å². The molecule has 2 rings (SSSR count). The molecule has 0 fully saturated rings. The van der Waals surface area contributed by atoms with Crippen LogP contribution < -0.4 is 10.6 Å². The second-order valence-electron chi connectivity index (χ2n) is 5.18. The van der Waals surface area contributed by atoms with E-state index in [1.165, 1.54) is 6.33 Å². The highest BCUT2D eigenvalue weighted by atomic mass is 15.2. The summed E-state index contributed by atoms with van der Waals surface area (Å²) in [4.78, 5) is 8.82. The van der Waals surface area contributed by atoms with Crippen molar-refractivity contribution < 1.29 is 0 Å². The molecule has 0 aliphatic carbocycles. The molecule has 0 bridgehead atoms. The maximum Gasteiger partial charge on any atom is 0.191 e. The first-order chi connectivity index (χ1) is 10.7. The minimum absolute atomic E-state index is 0.401. The van der Waals surface area contributed by atoms with Crippen LogP contribution in [0.1, 0.15) is 32.8 Å². The standard InChI is InChI=1S/C16H24N6/c1-4-12(3)21-16(17-5-2)18-10-13-7-6-8-14(9-13)15-19-11-20-22-15/h6-9,11-12H,4-5,10H2,1-3H3,(H2,17,18,21)(H,19,20,22). The van der Waals surface area contributed by atoms with Gasteiger partial charge in [0, 0.05) is 18.2 Å². The van der Waals surface area contributed by atoms with Gasteiger partial charge in [-0.05, 0) is 31.9 Å². The highest BCUT2D eigenvalue weighted by molar-refractivity contribution is 5.80. The van der Waals surface area contributed by atoms with E-state index in [4.69, 9.17) is 0 Å². The molecule has 0 saturated heterocycles. The zero-order valence-corrected chi connectivity index (χ0v) is 13.4. The van der Waals surface area contributed by atoms with Crippen LogP contribution in [0.4, 0.5) is 0 Å². The fraction of sp³-hybridized carbons (Fsp3) is 0.438. The molecule has 6 heteroatoms. The molecule has 118 valence electrons. The predicted octanol–water partition coefficient (Wildman–Crippen LogP) is 2.33. The van der Waals surface area contributed by atoms with Gasteiger partial charge in [0.1, 0.15) is 6.33 Å². The summed E-state index contributed by atoms with van der Waals surface area (Å²) >= 11 is 0. The first-order valence-electron chi connectivity index (χ1n) is 7.72. The van der Waals surface area contributed by atoms with Crippen molar-refractivity contribution in [3.8, 4) is 11.4 Å². The van der Waals surface area contributed by atoms with E-state index >= 15 is 0 Å². The van der Waals surface area contributed by atoms with Crippen molar-refractivity contribution in [3.63, 3.8) is 0 Å². The van der Waals surface area contributed by atoms with Gasteiger partial charge in [-0.1, -0.05) is 25.1 Å². The Balaban J connectivity index is 2.08. The van der Waals surface area contributed by atoms with Gasteiger partial charge in [-0.3, -0.25) is 5.10 Å². The van der Waals surface area contributed by atoms with Crippen LogP contribution in [0.2, 0.25) is 0 Å². The molecule has 1 heterocycles. The SMILES string of the molecule is CCNC(=NCc1cccc(-c2ncn[nH]2)c1)NC(C)CC. The van der Waals surface area contributed by atoms with Crippen LogP contribution in [0, 0.1) is 0 Å². The highest BCUT2D eigenvalue weighted by Gasteiger charge is 2.04. The lowest BCUT2D eigenvalue weighted by molar-refractivity contribution is 0.624. The summed E-state index contributed by atoms with van der Waals surface area (Å²) in [7, 11) is 0. The Hall–Kier alpha value is -2.37. The van der Waals surface area contributed by atoms with Crippen molar-refractivity contribution in [1.29, 1.82) is 0 Å². The summed E-state index contributed by atoms with van der Waals surface area (Å²) in [6, 6.07) is 8.57. The third-order valence-electron chi connectivity index (χ3n) is 3.37. The number of nitrogens with zero attached hydrogens (tertiary/aromatic N) is 3. The monoisotopic (exact) mass is 300 g/mol. The summed E-state index contributed by atoms with van der Waals surface area (Å²) in [5, 5.41) is 13.4.